The first-order chi connectivity index (χ1) is 10.2. The first kappa shape index (κ1) is 14.1. The molecule has 21 heavy (non-hydrogen) atoms. The molecule has 1 amide bonds. The van der Waals surface area contributed by atoms with Crippen LogP contribution < -0.4 is 5.32 Å². The Morgan fingerprint density at radius 3 is 2.81 bits per heavy atom. The standard InChI is InChI=1S/C16H21N3O2/c20-12-16(7-3-4-8-16)11-17-15(21)10-19-9-13-5-1-2-6-14(13)18-19/h1-2,5-6,9,20H,3-4,7-8,10-12H2,(H,17,21). The van der Waals surface area contributed by atoms with Crippen molar-refractivity contribution in [3.8, 4) is 0 Å². The second kappa shape index (κ2) is 5.85. The Hall–Kier alpha value is -1.88. The van der Waals surface area contributed by atoms with Gasteiger partial charge in [0, 0.05) is 23.5 Å². The molecule has 1 aliphatic rings. The van der Waals surface area contributed by atoms with E-state index in [1.54, 1.807) is 4.68 Å². The molecular formula is C16H21N3O2. The van der Waals surface area contributed by atoms with Gasteiger partial charge in [0.15, 0.2) is 0 Å². The van der Waals surface area contributed by atoms with E-state index in [1.165, 1.54) is 0 Å². The molecule has 1 saturated carbocycles. The molecule has 1 aliphatic carbocycles. The molecule has 2 N–H and O–H groups in total. The van der Waals surface area contributed by atoms with E-state index in [2.05, 4.69) is 10.4 Å². The summed E-state index contributed by atoms with van der Waals surface area (Å²) in [5.41, 5.74) is 0.790. The van der Waals surface area contributed by atoms with Gasteiger partial charge in [-0.05, 0) is 18.9 Å². The highest BCUT2D eigenvalue weighted by Gasteiger charge is 2.33. The fraction of sp³-hybridized carbons (Fsp3) is 0.500. The van der Waals surface area contributed by atoms with Crippen molar-refractivity contribution >= 4 is 16.8 Å². The summed E-state index contributed by atoms with van der Waals surface area (Å²) in [5.74, 6) is -0.0532. The third-order valence-corrected chi connectivity index (χ3v) is 4.43. The quantitative estimate of drug-likeness (QED) is 0.879. The van der Waals surface area contributed by atoms with Crippen LogP contribution in [0.25, 0.3) is 10.9 Å². The highest BCUT2D eigenvalue weighted by atomic mass is 16.3. The number of rotatable bonds is 5. The van der Waals surface area contributed by atoms with Crippen LogP contribution in [0.2, 0.25) is 0 Å². The average Bonchev–Trinajstić information content (AvgIpc) is 3.12. The SMILES string of the molecule is O=C(Cn1cc2ccccc2n1)NCC1(CO)CCCC1. The fourth-order valence-corrected chi connectivity index (χ4v) is 3.10. The normalized spacial score (nSPS) is 17.2. The number of carbonyl (C=O) groups is 1. The summed E-state index contributed by atoms with van der Waals surface area (Å²) < 4.78 is 1.67. The Morgan fingerprint density at radius 2 is 2.10 bits per heavy atom. The van der Waals surface area contributed by atoms with Crippen molar-refractivity contribution < 1.29 is 9.90 Å². The van der Waals surface area contributed by atoms with Gasteiger partial charge in [0.25, 0.3) is 0 Å². The van der Waals surface area contributed by atoms with Crippen LogP contribution in [0.3, 0.4) is 0 Å². The van der Waals surface area contributed by atoms with E-state index in [9.17, 15) is 9.90 Å². The van der Waals surface area contributed by atoms with Gasteiger partial charge in [0.1, 0.15) is 6.54 Å². The van der Waals surface area contributed by atoms with Gasteiger partial charge >= 0.3 is 0 Å². The van der Waals surface area contributed by atoms with Crippen LogP contribution >= 0.6 is 0 Å². The maximum atomic E-state index is 12.1. The number of aliphatic hydroxyl groups is 1. The second-order valence-corrected chi connectivity index (χ2v) is 6.03. The van der Waals surface area contributed by atoms with E-state index < -0.39 is 0 Å². The molecule has 112 valence electrons. The van der Waals surface area contributed by atoms with Crippen molar-refractivity contribution in [1.82, 2.24) is 15.1 Å². The number of fused-ring (bicyclic) bond motifs is 1. The van der Waals surface area contributed by atoms with Crippen LogP contribution in [-0.4, -0.2) is 33.9 Å². The summed E-state index contributed by atoms with van der Waals surface area (Å²) in [6, 6.07) is 7.81. The largest absolute Gasteiger partial charge is 0.396 e. The van der Waals surface area contributed by atoms with Crippen molar-refractivity contribution in [3.63, 3.8) is 0 Å². The van der Waals surface area contributed by atoms with Crippen LogP contribution in [0.15, 0.2) is 30.5 Å². The van der Waals surface area contributed by atoms with Crippen molar-refractivity contribution in [1.29, 1.82) is 0 Å². The van der Waals surface area contributed by atoms with Crippen LogP contribution in [0, 0.1) is 5.41 Å². The summed E-state index contributed by atoms with van der Waals surface area (Å²) in [6.45, 7) is 0.929. The van der Waals surface area contributed by atoms with E-state index in [1.807, 2.05) is 30.5 Å². The molecule has 0 unspecified atom stereocenters. The fourth-order valence-electron chi connectivity index (χ4n) is 3.10. The van der Waals surface area contributed by atoms with Gasteiger partial charge in [0.05, 0.1) is 12.1 Å². The van der Waals surface area contributed by atoms with Gasteiger partial charge in [-0.1, -0.05) is 31.0 Å². The predicted octanol–water partition coefficient (Wildman–Crippen LogP) is 1.71. The smallest absolute Gasteiger partial charge is 0.241 e. The second-order valence-electron chi connectivity index (χ2n) is 6.03. The Labute approximate surface area is 124 Å². The van der Waals surface area contributed by atoms with Crippen LogP contribution in [0.5, 0.6) is 0 Å². The molecule has 3 rings (SSSR count). The molecular weight excluding hydrogens is 266 g/mol. The maximum absolute atomic E-state index is 12.1. The number of carbonyl (C=O) groups excluding carboxylic acids is 1. The summed E-state index contributed by atoms with van der Waals surface area (Å²) in [5, 5.41) is 17.9. The zero-order valence-corrected chi connectivity index (χ0v) is 12.1. The molecule has 1 aromatic heterocycles. The zero-order valence-electron chi connectivity index (χ0n) is 12.1. The predicted molar refractivity (Wildman–Crippen MR) is 80.7 cm³/mol. The number of nitrogens with zero attached hydrogens (tertiary/aromatic N) is 2. The topological polar surface area (TPSA) is 67.2 Å². The minimum atomic E-state index is -0.107. The lowest BCUT2D eigenvalue weighted by Gasteiger charge is -2.26. The number of amides is 1. The Balaban J connectivity index is 1.58. The molecule has 0 bridgehead atoms. The van der Waals surface area contributed by atoms with Gasteiger partial charge in [-0.25, -0.2) is 0 Å². The molecule has 1 fully saturated rings. The maximum Gasteiger partial charge on any atom is 0.241 e. The zero-order chi connectivity index (χ0) is 14.7. The third kappa shape index (κ3) is 3.08. The molecule has 0 aliphatic heterocycles. The van der Waals surface area contributed by atoms with Crippen molar-refractivity contribution in [2.45, 2.75) is 32.2 Å². The first-order valence-electron chi connectivity index (χ1n) is 7.51. The van der Waals surface area contributed by atoms with E-state index in [0.717, 1.165) is 36.6 Å². The summed E-state index contributed by atoms with van der Waals surface area (Å²) in [6.07, 6.45) is 6.15. The van der Waals surface area contributed by atoms with E-state index in [0.29, 0.717) is 6.54 Å². The van der Waals surface area contributed by atoms with Gasteiger partial charge < -0.3 is 10.4 Å². The number of hydrogen-bond donors (Lipinski definition) is 2. The Morgan fingerprint density at radius 1 is 1.33 bits per heavy atom. The monoisotopic (exact) mass is 287 g/mol. The van der Waals surface area contributed by atoms with Gasteiger partial charge in [-0.2, -0.15) is 5.10 Å². The molecule has 0 radical (unpaired) electrons. The van der Waals surface area contributed by atoms with Gasteiger partial charge in [-0.3, -0.25) is 9.48 Å². The molecule has 5 nitrogen and oxygen atoms in total. The van der Waals surface area contributed by atoms with E-state index in [-0.39, 0.29) is 24.5 Å². The highest BCUT2D eigenvalue weighted by Crippen LogP contribution is 2.36. The van der Waals surface area contributed by atoms with Crippen molar-refractivity contribution in [2.75, 3.05) is 13.2 Å². The molecule has 1 aromatic carbocycles. The lowest BCUT2D eigenvalue weighted by Crippen LogP contribution is -2.39. The molecule has 0 saturated heterocycles. The minimum Gasteiger partial charge on any atom is -0.396 e. The highest BCUT2D eigenvalue weighted by molar-refractivity contribution is 5.79. The number of hydrogen-bond acceptors (Lipinski definition) is 3. The summed E-state index contributed by atoms with van der Waals surface area (Å²) in [7, 11) is 0. The first-order valence-corrected chi connectivity index (χ1v) is 7.51. The number of aliphatic hydroxyl groups excluding tert-OH is 1. The molecule has 0 spiro atoms. The molecule has 1 heterocycles. The van der Waals surface area contributed by atoms with Gasteiger partial charge in [0.2, 0.25) is 5.91 Å². The van der Waals surface area contributed by atoms with Gasteiger partial charge in [-0.15, -0.1) is 0 Å². The lowest BCUT2D eigenvalue weighted by molar-refractivity contribution is -0.122. The average molecular weight is 287 g/mol. The molecule has 0 atom stereocenters. The van der Waals surface area contributed by atoms with Crippen LogP contribution in [0.4, 0.5) is 0 Å². The minimum absolute atomic E-state index is 0.0532. The molecule has 5 heteroatoms. The lowest BCUT2D eigenvalue weighted by atomic mass is 9.87. The number of benzene rings is 1. The van der Waals surface area contributed by atoms with E-state index in [4.69, 9.17) is 0 Å². The Kier molecular flexibility index (Phi) is 3.92. The summed E-state index contributed by atoms with van der Waals surface area (Å²) >= 11 is 0. The number of nitrogens with one attached hydrogen (secondary N) is 1. The molecule has 2 aromatic rings. The van der Waals surface area contributed by atoms with Crippen molar-refractivity contribution in [2.24, 2.45) is 5.41 Å². The van der Waals surface area contributed by atoms with Crippen LogP contribution in [-0.2, 0) is 11.3 Å². The Bertz CT molecular complexity index is 596. The number of aromatic nitrogens is 2. The van der Waals surface area contributed by atoms with E-state index >= 15 is 0 Å². The third-order valence-electron chi connectivity index (χ3n) is 4.43. The van der Waals surface area contributed by atoms with Crippen molar-refractivity contribution in [3.05, 3.63) is 30.5 Å². The summed E-state index contributed by atoms with van der Waals surface area (Å²) in [4.78, 5) is 12.1. The van der Waals surface area contributed by atoms with Crippen LogP contribution in [0.1, 0.15) is 25.7 Å².